The van der Waals surface area contributed by atoms with E-state index >= 15 is 0 Å². The van der Waals surface area contributed by atoms with Gasteiger partial charge in [-0.3, -0.25) is 0 Å². The molecule has 3 heteroatoms. The van der Waals surface area contributed by atoms with Crippen molar-refractivity contribution in [3.63, 3.8) is 0 Å². The molecule has 0 aromatic heterocycles. The van der Waals surface area contributed by atoms with Gasteiger partial charge in [0.15, 0.2) is 0 Å². The Morgan fingerprint density at radius 3 is 2.60 bits per heavy atom. The fourth-order valence-electron chi connectivity index (χ4n) is 2.33. The molecule has 0 heterocycles. The third-order valence-corrected chi connectivity index (χ3v) is 3.59. The van der Waals surface area contributed by atoms with E-state index in [2.05, 4.69) is 26.1 Å². The van der Waals surface area contributed by atoms with Gasteiger partial charge in [-0.05, 0) is 23.5 Å². The number of nitrogens with one attached hydrogen (secondary N) is 1. The molecule has 1 N–H and O–H groups in total. The van der Waals surface area contributed by atoms with Crippen molar-refractivity contribution >= 4 is 0 Å². The maximum Gasteiger partial charge on any atom is 0.263 e. The van der Waals surface area contributed by atoms with Crippen LogP contribution in [0.1, 0.15) is 64.0 Å². The molecule has 0 atom stereocenters. The maximum atomic E-state index is 12.6. The van der Waals surface area contributed by atoms with Gasteiger partial charge in [0, 0.05) is 18.7 Å². The van der Waals surface area contributed by atoms with Crippen LogP contribution in [-0.4, -0.2) is 6.54 Å². The highest BCUT2D eigenvalue weighted by atomic mass is 19.3. The summed E-state index contributed by atoms with van der Waals surface area (Å²) >= 11 is 0. The van der Waals surface area contributed by atoms with Gasteiger partial charge in [-0.2, -0.15) is 0 Å². The zero-order valence-corrected chi connectivity index (χ0v) is 12.9. The van der Waals surface area contributed by atoms with Crippen LogP contribution in [0.2, 0.25) is 0 Å². The van der Waals surface area contributed by atoms with E-state index < -0.39 is 6.43 Å². The first-order valence-corrected chi connectivity index (χ1v) is 7.52. The molecule has 1 aromatic carbocycles. The second-order valence-electron chi connectivity index (χ2n) is 6.27. The van der Waals surface area contributed by atoms with Gasteiger partial charge in [0.25, 0.3) is 6.43 Å². The highest BCUT2D eigenvalue weighted by Crippen LogP contribution is 2.23. The summed E-state index contributed by atoms with van der Waals surface area (Å²) in [6.07, 6.45) is 2.58. The Bertz CT molecular complexity index is 388. The average molecular weight is 283 g/mol. The molecule has 0 spiro atoms. The minimum atomic E-state index is -2.39. The van der Waals surface area contributed by atoms with E-state index in [-0.39, 0.29) is 11.0 Å². The van der Waals surface area contributed by atoms with Crippen molar-refractivity contribution in [1.29, 1.82) is 0 Å². The zero-order chi connectivity index (χ0) is 15.0. The molecule has 0 radical (unpaired) electrons. The van der Waals surface area contributed by atoms with Crippen LogP contribution in [0.4, 0.5) is 8.78 Å². The molecule has 0 aliphatic heterocycles. The van der Waals surface area contributed by atoms with Gasteiger partial charge in [-0.25, -0.2) is 8.78 Å². The van der Waals surface area contributed by atoms with Crippen LogP contribution in [0, 0.1) is 5.41 Å². The topological polar surface area (TPSA) is 12.0 Å². The van der Waals surface area contributed by atoms with Crippen molar-refractivity contribution in [1.82, 2.24) is 5.32 Å². The Kier molecular flexibility index (Phi) is 7.14. The van der Waals surface area contributed by atoms with Crippen LogP contribution in [0.3, 0.4) is 0 Å². The van der Waals surface area contributed by atoms with Crippen LogP contribution in [0.25, 0.3) is 0 Å². The molecule has 0 aliphatic rings. The van der Waals surface area contributed by atoms with Crippen molar-refractivity contribution < 1.29 is 8.78 Å². The van der Waals surface area contributed by atoms with Gasteiger partial charge in [0.05, 0.1) is 0 Å². The Balaban J connectivity index is 2.38. The molecular weight excluding hydrogens is 256 g/mol. The summed E-state index contributed by atoms with van der Waals surface area (Å²) in [5.41, 5.74) is 1.29. The molecule has 0 bridgehead atoms. The van der Waals surface area contributed by atoms with E-state index in [1.807, 2.05) is 6.07 Å². The lowest BCUT2D eigenvalue weighted by molar-refractivity contribution is 0.151. The van der Waals surface area contributed by atoms with Crippen molar-refractivity contribution in [3.05, 3.63) is 35.4 Å². The van der Waals surface area contributed by atoms with Gasteiger partial charge in [-0.15, -0.1) is 0 Å². The molecule has 0 aliphatic carbocycles. The van der Waals surface area contributed by atoms with Crippen LogP contribution < -0.4 is 5.32 Å². The van der Waals surface area contributed by atoms with Gasteiger partial charge in [-0.1, -0.05) is 58.2 Å². The molecule has 114 valence electrons. The summed E-state index contributed by atoms with van der Waals surface area (Å²) in [6.45, 7) is 8.28. The van der Waals surface area contributed by atoms with E-state index in [9.17, 15) is 8.78 Å². The molecule has 1 nitrogen and oxygen atoms in total. The van der Waals surface area contributed by atoms with Gasteiger partial charge in [0.1, 0.15) is 0 Å². The number of rotatable bonds is 9. The van der Waals surface area contributed by atoms with Gasteiger partial charge >= 0.3 is 0 Å². The van der Waals surface area contributed by atoms with Crippen molar-refractivity contribution in [2.45, 2.75) is 59.4 Å². The van der Waals surface area contributed by atoms with Gasteiger partial charge < -0.3 is 5.32 Å². The minimum absolute atomic E-state index is 0.103. The number of unbranched alkanes of at least 4 members (excludes halogenated alkanes) is 2. The fraction of sp³-hybridized carbons (Fsp3) is 0.647. The van der Waals surface area contributed by atoms with E-state index in [0.717, 1.165) is 12.1 Å². The molecule has 0 saturated heterocycles. The summed E-state index contributed by atoms with van der Waals surface area (Å²) in [5, 5.41) is 3.39. The first-order valence-electron chi connectivity index (χ1n) is 7.52. The third-order valence-electron chi connectivity index (χ3n) is 3.59. The summed E-state index contributed by atoms with van der Waals surface area (Å²) in [5.74, 6) is 0. The summed E-state index contributed by atoms with van der Waals surface area (Å²) in [7, 11) is 0. The molecular formula is C17H27F2N. The number of hydrogen-bond acceptors (Lipinski definition) is 1. The average Bonchev–Trinajstić information content (AvgIpc) is 2.39. The Hall–Kier alpha value is -0.960. The van der Waals surface area contributed by atoms with Crippen molar-refractivity contribution in [3.8, 4) is 0 Å². The predicted molar refractivity (Wildman–Crippen MR) is 81.0 cm³/mol. The molecule has 0 saturated carbocycles. The Labute approximate surface area is 121 Å². The van der Waals surface area contributed by atoms with Crippen LogP contribution in [0.5, 0.6) is 0 Å². The summed E-state index contributed by atoms with van der Waals surface area (Å²) < 4.78 is 25.2. The normalized spacial score (nSPS) is 12.1. The summed E-state index contributed by atoms with van der Waals surface area (Å²) in [4.78, 5) is 0. The molecule has 1 aromatic rings. The number of hydrogen-bond donors (Lipinski definition) is 1. The van der Waals surface area contributed by atoms with E-state index in [0.29, 0.717) is 6.54 Å². The molecule has 0 amide bonds. The standard InChI is InChI=1S/C17H27F2N/c1-4-5-6-10-17(2,3)13-20-12-14-8-7-9-15(11-14)16(18)19/h7-9,11,16,20H,4-6,10,12-13H2,1-3H3. The number of benzene rings is 1. The lowest BCUT2D eigenvalue weighted by atomic mass is 9.87. The molecule has 1 rings (SSSR count). The fourth-order valence-corrected chi connectivity index (χ4v) is 2.33. The number of halogens is 2. The van der Waals surface area contributed by atoms with E-state index in [4.69, 9.17) is 0 Å². The molecule has 20 heavy (non-hydrogen) atoms. The largest absolute Gasteiger partial charge is 0.312 e. The van der Waals surface area contributed by atoms with E-state index in [1.165, 1.54) is 31.7 Å². The maximum absolute atomic E-state index is 12.6. The molecule has 0 fully saturated rings. The smallest absolute Gasteiger partial charge is 0.263 e. The SMILES string of the molecule is CCCCCC(C)(C)CNCc1cccc(C(F)F)c1. The third kappa shape index (κ3) is 6.47. The van der Waals surface area contributed by atoms with Gasteiger partial charge in [0.2, 0.25) is 0 Å². The minimum Gasteiger partial charge on any atom is -0.312 e. The van der Waals surface area contributed by atoms with Crippen molar-refractivity contribution in [2.75, 3.05) is 6.54 Å². The van der Waals surface area contributed by atoms with Crippen LogP contribution in [-0.2, 0) is 6.54 Å². The van der Waals surface area contributed by atoms with Crippen molar-refractivity contribution in [2.24, 2.45) is 5.41 Å². The predicted octanol–water partition coefficient (Wildman–Crippen LogP) is 5.32. The Morgan fingerprint density at radius 1 is 1.20 bits per heavy atom. The van der Waals surface area contributed by atoms with Crippen LogP contribution in [0.15, 0.2) is 24.3 Å². The summed E-state index contributed by atoms with van der Waals surface area (Å²) in [6, 6.07) is 6.65. The lowest BCUT2D eigenvalue weighted by Crippen LogP contribution is -2.29. The highest BCUT2D eigenvalue weighted by molar-refractivity contribution is 5.24. The first-order chi connectivity index (χ1) is 9.44. The van der Waals surface area contributed by atoms with Crippen LogP contribution >= 0.6 is 0 Å². The van der Waals surface area contributed by atoms with E-state index in [1.54, 1.807) is 12.1 Å². The zero-order valence-electron chi connectivity index (χ0n) is 12.9. The lowest BCUT2D eigenvalue weighted by Gasteiger charge is -2.25. The Morgan fingerprint density at radius 2 is 1.95 bits per heavy atom. The molecule has 0 unspecified atom stereocenters. The highest BCUT2D eigenvalue weighted by Gasteiger charge is 2.16. The second kappa shape index (κ2) is 8.35. The number of alkyl halides is 2. The monoisotopic (exact) mass is 283 g/mol. The quantitative estimate of drug-likeness (QED) is 0.605. The second-order valence-corrected chi connectivity index (χ2v) is 6.27. The first kappa shape index (κ1) is 17.1.